The van der Waals surface area contributed by atoms with E-state index < -0.39 is 0 Å². The van der Waals surface area contributed by atoms with Gasteiger partial charge in [0.05, 0.1) is 23.2 Å². The molecule has 0 aromatic heterocycles. The number of hydrogen-bond acceptors (Lipinski definition) is 3. The molecular formula is C16H21BrN2O3. The Labute approximate surface area is 139 Å². The predicted octanol–water partition coefficient (Wildman–Crippen LogP) is 2.79. The maximum atomic E-state index is 12.2. The fraction of sp³-hybridized carbons (Fsp3) is 0.562. The molecule has 0 aliphatic carbocycles. The van der Waals surface area contributed by atoms with Crippen LogP contribution in [0, 0.1) is 0 Å². The van der Waals surface area contributed by atoms with Crippen molar-refractivity contribution >= 4 is 22.0 Å². The predicted molar refractivity (Wildman–Crippen MR) is 87.1 cm³/mol. The lowest BCUT2D eigenvalue weighted by Gasteiger charge is -2.32. The number of amides is 2. The number of urea groups is 1. The van der Waals surface area contributed by atoms with Gasteiger partial charge in [-0.3, -0.25) is 0 Å². The molecule has 2 aliphatic heterocycles. The van der Waals surface area contributed by atoms with Crippen LogP contribution in [0.15, 0.2) is 28.7 Å². The van der Waals surface area contributed by atoms with Crippen LogP contribution >= 0.6 is 15.9 Å². The van der Waals surface area contributed by atoms with Crippen LogP contribution in [0.2, 0.25) is 0 Å². The number of nitrogens with one attached hydrogen (secondary N) is 1. The van der Waals surface area contributed by atoms with E-state index in [0.717, 1.165) is 23.1 Å². The van der Waals surface area contributed by atoms with E-state index in [-0.39, 0.29) is 24.3 Å². The van der Waals surface area contributed by atoms with E-state index in [1.54, 1.807) is 0 Å². The van der Waals surface area contributed by atoms with Crippen LogP contribution in [0.1, 0.15) is 19.8 Å². The zero-order valence-corrected chi connectivity index (χ0v) is 14.2. The van der Waals surface area contributed by atoms with Gasteiger partial charge in [-0.25, -0.2) is 4.79 Å². The van der Waals surface area contributed by atoms with Gasteiger partial charge in [0.15, 0.2) is 0 Å². The van der Waals surface area contributed by atoms with Crippen molar-refractivity contribution in [3.05, 3.63) is 28.7 Å². The van der Waals surface area contributed by atoms with Crippen molar-refractivity contribution in [3.63, 3.8) is 0 Å². The number of morpholine rings is 1. The summed E-state index contributed by atoms with van der Waals surface area (Å²) in [5, 5.41) is 2.95. The zero-order chi connectivity index (χ0) is 15.5. The number of ether oxygens (including phenoxy) is 2. The van der Waals surface area contributed by atoms with Gasteiger partial charge in [0.1, 0.15) is 11.9 Å². The maximum Gasteiger partial charge on any atom is 0.317 e. The molecule has 2 aliphatic rings. The Morgan fingerprint density at radius 3 is 2.77 bits per heavy atom. The molecule has 2 amide bonds. The molecule has 0 saturated carbocycles. The van der Waals surface area contributed by atoms with Crippen LogP contribution in [-0.4, -0.2) is 48.9 Å². The van der Waals surface area contributed by atoms with Crippen molar-refractivity contribution in [2.75, 3.05) is 19.6 Å². The number of rotatable bonds is 4. The molecule has 3 atom stereocenters. The Morgan fingerprint density at radius 1 is 1.41 bits per heavy atom. The monoisotopic (exact) mass is 368 g/mol. The molecule has 3 unspecified atom stereocenters. The number of nitrogens with zero attached hydrogens (tertiary/aromatic N) is 1. The van der Waals surface area contributed by atoms with E-state index in [1.165, 1.54) is 0 Å². The first-order valence-electron chi connectivity index (χ1n) is 7.71. The molecule has 2 saturated heterocycles. The second kappa shape index (κ2) is 6.87. The first-order valence-corrected chi connectivity index (χ1v) is 8.50. The number of likely N-dealkylation sites (tertiary alicyclic amines) is 1. The summed E-state index contributed by atoms with van der Waals surface area (Å²) in [6, 6.07) is 7.68. The molecule has 2 fully saturated rings. The van der Waals surface area contributed by atoms with Crippen molar-refractivity contribution in [2.24, 2.45) is 0 Å². The highest BCUT2D eigenvalue weighted by atomic mass is 79.9. The van der Waals surface area contributed by atoms with E-state index in [2.05, 4.69) is 21.2 Å². The van der Waals surface area contributed by atoms with Gasteiger partial charge in [0, 0.05) is 13.1 Å². The minimum atomic E-state index is -0.0968. The molecule has 1 aromatic carbocycles. The standard InChI is InChI=1S/C16H21BrN2O3/c1-11(21-15-5-3-2-4-14(15)17)8-18-16(20)19-9-12-6-7-13(10-19)22-12/h2-5,11-13H,6-10H2,1H3,(H,18,20). The van der Waals surface area contributed by atoms with E-state index in [9.17, 15) is 4.79 Å². The lowest BCUT2D eigenvalue weighted by Crippen LogP contribution is -2.51. The van der Waals surface area contributed by atoms with E-state index in [4.69, 9.17) is 9.47 Å². The molecule has 22 heavy (non-hydrogen) atoms. The van der Waals surface area contributed by atoms with Crippen LogP contribution in [0.3, 0.4) is 0 Å². The second-order valence-electron chi connectivity index (χ2n) is 5.91. The number of para-hydroxylation sites is 1. The van der Waals surface area contributed by atoms with Gasteiger partial charge in [0.25, 0.3) is 0 Å². The molecule has 2 heterocycles. The summed E-state index contributed by atoms with van der Waals surface area (Å²) in [6.07, 6.45) is 2.48. The molecular weight excluding hydrogens is 348 g/mol. The highest BCUT2D eigenvalue weighted by molar-refractivity contribution is 9.10. The fourth-order valence-corrected chi connectivity index (χ4v) is 3.30. The summed E-state index contributed by atoms with van der Waals surface area (Å²) in [5.41, 5.74) is 0. The van der Waals surface area contributed by atoms with Gasteiger partial charge >= 0.3 is 6.03 Å². The Morgan fingerprint density at radius 2 is 2.09 bits per heavy atom. The molecule has 0 spiro atoms. The third-order valence-electron chi connectivity index (χ3n) is 4.04. The van der Waals surface area contributed by atoms with Crippen LogP contribution < -0.4 is 10.1 Å². The first-order chi connectivity index (χ1) is 10.6. The topological polar surface area (TPSA) is 50.8 Å². The van der Waals surface area contributed by atoms with Gasteiger partial charge in [-0.15, -0.1) is 0 Å². The molecule has 3 rings (SSSR count). The second-order valence-corrected chi connectivity index (χ2v) is 6.76. The highest BCUT2D eigenvalue weighted by Crippen LogP contribution is 2.26. The maximum absolute atomic E-state index is 12.2. The Balaban J connectivity index is 1.45. The van der Waals surface area contributed by atoms with E-state index >= 15 is 0 Å². The summed E-state index contributed by atoms with van der Waals surface area (Å²) in [5.74, 6) is 0.786. The van der Waals surface area contributed by atoms with Gasteiger partial charge in [0.2, 0.25) is 0 Å². The number of benzene rings is 1. The average Bonchev–Trinajstić information content (AvgIpc) is 2.85. The fourth-order valence-electron chi connectivity index (χ4n) is 2.92. The third kappa shape index (κ3) is 3.73. The van der Waals surface area contributed by atoms with Crippen molar-refractivity contribution in [1.29, 1.82) is 0 Å². The Hall–Kier alpha value is -1.27. The smallest absolute Gasteiger partial charge is 0.317 e. The number of carbonyl (C=O) groups excluding carboxylic acids is 1. The van der Waals surface area contributed by atoms with Gasteiger partial charge in [-0.05, 0) is 47.8 Å². The number of fused-ring (bicyclic) bond motifs is 2. The van der Waals surface area contributed by atoms with Crippen LogP contribution in [-0.2, 0) is 4.74 Å². The van der Waals surface area contributed by atoms with Crippen molar-refractivity contribution in [2.45, 2.75) is 38.1 Å². The normalized spacial score (nSPS) is 24.9. The van der Waals surface area contributed by atoms with Crippen molar-refractivity contribution in [1.82, 2.24) is 10.2 Å². The van der Waals surface area contributed by atoms with E-state index in [1.807, 2.05) is 36.1 Å². The molecule has 1 N–H and O–H groups in total. The molecule has 2 bridgehead atoms. The Bertz CT molecular complexity index is 528. The largest absolute Gasteiger partial charge is 0.488 e. The quantitative estimate of drug-likeness (QED) is 0.888. The minimum absolute atomic E-state index is 0.0252. The summed E-state index contributed by atoms with van der Waals surface area (Å²) in [4.78, 5) is 14.1. The summed E-state index contributed by atoms with van der Waals surface area (Å²) < 4.78 is 12.5. The zero-order valence-electron chi connectivity index (χ0n) is 12.6. The van der Waals surface area contributed by atoms with Crippen LogP contribution in [0.25, 0.3) is 0 Å². The lowest BCUT2D eigenvalue weighted by atomic mass is 10.2. The molecule has 5 nitrogen and oxygen atoms in total. The highest BCUT2D eigenvalue weighted by Gasteiger charge is 2.35. The van der Waals surface area contributed by atoms with Gasteiger partial charge < -0.3 is 19.7 Å². The average molecular weight is 369 g/mol. The molecule has 6 heteroatoms. The minimum Gasteiger partial charge on any atom is -0.488 e. The SMILES string of the molecule is CC(CNC(=O)N1CC2CCC(C1)O2)Oc1ccccc1Br. The molecule has 0 radical (unpaired) electrons. The van der Waals surface area contributed by atoms with Crippen molar-refractivity contribution in [3.8, 4) is 5.75 Å². The van der Waals surface area contributed by atoms with Gasteiger partial charge in [-0.1, -0.05) is 12.1 Å². The third-order valence-corrected chi connectivity index (χ3v) is 4.69. The summed E-state index contributed by atoms with van der Waals surface area (Å²) in [6.45, 7) is 3.82. The Kier molecular flexibility index (Phi) is 4.88. The summed E-state index contributed by atoms with van der Waals surface area (Å²) >= 11 is 3.45. The number of carbonyl (C=O) groups is 1. The van der Waals surface area contributed by atoms with E-state index in [0.29, 0.717) is 19.6 Å². The first kappa shape index (κ1) is 15.6. The number of hydrogen-bond donors (Lipinski definition) is 1. The van der Waals surface area contributed by atoms with Crippen LogP contribution in [0.4, 0.5) is 4.79 Å². The summed E-state index contributed by atoms with van der Waals surface area (Å²) in [7, 11) is 0. The lowest BCUT2D eigenvalue weighted by molar-refractivity contribution is -0.0240. The molecule has 120 valence electrons. The van der Waals surface area contributed by atoms with Gasteiger partial charge in [-0.2, -0.15) is 0 Å². The van der Waals surface area contributed by atoms with Crippen LogP contribution in [0.5, 0.6) is 5.75 Å². The molecule has 1 aromatic rings. The number of halogens is 1. The van der Waals surface area contributed by atoms with Crippen molar-refractivity contribution < 1.29 is 14.3 Å².